The van der Waals surface area contributed by atoms with Crippen molar-refractivity contribution in [2.75, 3.05) is 0 Å². The van der Waals surface area contributed by atoms with Crippen LogP contribution in [-0.4, -0.2) is 11.1 Å². The van der Waals surface area contributed by atoms with E-state index in [1.54, 1.807) is 6.42 Å². The maximum Gasteiger partial charge on any atom is 0.303 e. The van der Waals surface area contributed by atoms with Gasteiger partial charge in [0.2, 0.25) is 0 Å². The molecule has 2 aliphatic carbocycles. The molecule has 2 aliphatic rings. The Labute approximate surface area is 137 Å². The highest BCUT2D eigenvalue weighted by molar-refractivity contribution is 5.66. The standard InChI is InChI=1S/C20H36O2/c1-2-3-4-8-11-16-14-18(16)19-15-17(19)12-9-6-5-7-10-13-20(21)22/h16-19H,2-15H2,1H3,(H,21,22). The fraction of sp³-hybridized carbons (Fsp3) is 0.950. The van der Waals surface area contributed by atoms with Gasteiger partial charge in [-0.1, -0.05) is 71.1 Å². The number of carboxylic acids is 1. The Balaban J connectivity index is 1.38. The Hall–Kier alpha value is -0.530. The molecule has 128 valence electrons. The number of carboxylic acid groups (broad SMARTS) is 1. The lowest BCUT2D eigenvalue weighted by atomic mass is 10.0. The molecule has 0 amide bonds. The smallest absolute Gasteiger partial charge is 0.303 e. The van der Waals surface area contributed by atoms with Gasteiger partial charge in [-0.25, -0.2) is 0 Å². The van der Waals surface area contributed by atoms with Crippen molar-refractivity contribution in [1.82, 2.24) is 0 Å². The SMILES string of the molecule is CCCCCCC1CC1C1CC1CCCCCCCC(=O)O. The molecule has 1 N–H and O–H groups in total. The zero-order valence-corrected chi connectivity index (χ0v) is 14.6. The minimum absolute atomic E-state index is 0.353. The summed E-state index contributed by atoms with van der Waals surface area (Å²) in [6.45, 7) is 2.29. The molecule has 0 radical (unpaired) electrons. The molecule has 4 unspecified atom stereocenters. The minimum Gasteiger partial charge on any atom is -0.481 e. The Morgan fingerprint density at radius 2 is 1.32 bits per heavy atom. The molecule has 0 spiro atoms. The van der Waals surface area contributed by atoms with Crippen LogP contribution in [0.5, 0.6) is 0 Å². The second-order valence-corrected chi connectivity index (χ2v) is 7.87. The minimum atomic E-state index is -0.644. The summed E-state index contributed by atoms with van der Waals surface area (Å²) in [5.41, 5.74) is 0. The van der Waals surface area contributed by atoms with Gasteiger partial charge in [-0.05, 0) is 42.9 Å². The normalized spacial score (nSPS) is 29.5. The second kappa shape index (κ2) is 9.57. The molecule has 0 saturated heterocycles. The van der Waals surface area contributed by atoms with Gasteiger partial charge in [0.15, 0.2) is 0 Å². The first-order valence-corrected chi connectivity index (χ1v) is 9.94. The second-order valence-electron chi connectivity index (χ2n) is 7.87. The maximum atomic E-state index is 10.4. The van der Waals surface area contributed by atoms with Gasteiger partial charge in [-0.3, -0.25) is 4.79 Å². The average Bonchev–Trinajstić information content (AvgIpc) is 3.37. The molecular formula is C20H36O2. The fourth-order valence-corrected chi connectivity index (χ4v) is 4.30. The average molecular weight is 309 g/mol. The molecule has 0 aromatic carbocycles. The molecule has 0 bridgehead atoms. The third-order valence-electron chi connectivity index (χ3n) is 5.90. The fourth-order valence-electron chi connectivity index (χ4n) is 4.30. The summed E-state index contributed by atoms with van der Waals surface area (Å²) >= 11 is 0. The van der Waals surface area contributed by atoms with Crippen LogP contribution in [0.1, 0.15) is 96.8 Å². The van der Waals surface area contributed by atoms with Crippen LogP contribution in [0.15, 0.2) is 0 Å². The van der Waals surface area contributed by atoms with E-state index in [1.807, 2.05) is 0 Å². The lowest BCUT2D eigenvalue weighted by Gasteiger charge is -2.02. The van der Waals surface area contributed by atoms with Crippen LogP contribution in [0.25, 0.3) is 0 Å². The molecule has 0 heterocycles. The third kappa shape index (κ3) is 6.71. The van der Waals surface area contributed by atoms with Crippen molar-refractivity contribution in [2.24, 2.45) is 23.7 Å². The summed E-state index contributed by atoms with van der Waals surface area (Å²) in [6.07, 6.45) is 18.0. The lowest BCUT2D eigenvalue weighted by Crippen LogP contribution is -1.93. The number of rotatable bonds is 14. The van der Waals surface area contributed by atoms with Crippen molar-refractivity contribution in [3.63, 3.8) is 0 Å². The van der Waals surface area contributed by atoms with E-state index in [4.69, 9.17) is 5.11 Å². The molecule has 2 nitrogen and oxygen atoms in total. The number of carbonyl (C=O) groups is 1. The Bertz CT molecular complexity index is 326. The van der Waals surface area contributed by atoms with Crippen molar-refractivity contribution < 1.29 is 9.90 Å². The van der Waals surface area contributed by atoms with Crippen LogP contribution in [0.2, 0.25) is 0 Å². The van der Waals surface area contributed by atoms with Gasteiger partial charge in [0.05, 0.1) is 0 Å². The van der Waals surface area contributed by atoms with Crippen molar-refractivity contribution in [3.05, 3.63) is 0 Å². The summed E-state index contributed by atoms with van der Waals surface area (Å²) in [4.78, 5) is 10.4. The van der Waals surface area contributed by atoms with Crippen molar-refractivity contribution >= 4 is 5.97 Å². The number of hydrogen-bond acceptors (Lipinski definition) is 1. The van der Waals surface area contributed by atoms with Crippen molar-refractivity contribution in [3.8, 4) is 0 Å². The van der Waals surface area contributed by atoms with E-state index >= 15 is 0 Å². The van der Waals surface area contributed by atoms with E-state index < -0.39 is 5.97 Å². The molecule has 2 fully saturated rings. The van der Waals surface area contributed by atoms with Gasteiger partial charge >= 0.3 is 5.97 Å². The molecule has 4 atom stereocenters. The molecule has 2 rings (SSSR count). The molecule has 22 heavy (non-hydrogen) atoms. The summed E-state index contributed by atoms with van der Waals surface area (Å²) in [6, 6.07) is 0. The van der Waals surface area contributed by atoms with E-state index in [9.17, 15) is 4.79 Å². The van der Waals surface area contributed by atoms with E-state index in [-0.39, 0.29) is 0 Å². The predicted octanol–water partition coefficient (Wildman–Crippen LogP) is 6.04. The Kier molecular flexibility index (Phi) is 7.75. The topological polar surface area (TPSA) is 37.3 Å². The molecule has 0 aliphatic heterocycles. The largest absolute Gasteiger partial charge is 0.481 e. The molecule has 2 heteroatoms. The van der Waals surface area contributed by atoms with Gasteiger partial charge in [0.1, 0.15) is 0 Å². The summed E-state index contributed by atoms with van der Waals surface area (Å²) in [5.74, 6) is 3.73. The van der Waals surface area contributed by atoms with E-state index in [0.717, 1.165) is 36.5 Å². The van der Waals surface area contributed by atoms with Gasteiger partial charge in [-0.15, -0.1) is 0 Å². The molecule has 2 saturated carbocycles. The molecular weight excluding hydrogens is 272 g/mol. The van der Waals surface area contributed by atoms with Gasteiger partial charge < -0.3 is 5.11 Å². The van der Waals surface area contributed by atoms with Crippen molar-refractivity contribution in [1.29, 1.82) is 0 Å². The van der Waals surface area contributed by atoms with Crippen molar-refractivity contribution in [2.45, 2.75) is 96.8 Å². The first-order valence-electron chi connectivity index (χ1n) is 9.94. The van der Waals surface area contributed by atoms with Crippen LogP contribution in [0, 0.1) is 23.7 Å². The number of unbranched alkanes of at least 4 members (excludes halogenated alkanes) is 7. The third-order valence-corrected chi connectivity index (χ3v) is 5.90. The van der Waals surface area contributed by atoms with E-state index in [1.165, 1.54) is 64.2 Å². The highest BCUT2D eigenvalue weighted by Gasteiger charge is 2.52. The zero-order valence-electron chi connectivity index (χ0n) is 14.6. The monoisotopic (exact) mass is 308 g/mol. The summed E-state index contributed by atoms with van der Waals surface area (Å²) < 4.78 is 0. The highest BCUT2D eigenvalue weighted by Crippen LogP contribution is 2.60. The summed E-state index contributed by atoms with van der Waals surface area (Å²) in [5, 5.41) is 8.59. The molecule has 0 aromatic rings. The van der Waals surface area contributed by atoms with Crippen LogP contribution < -0.4 is 0 Å². The van der Waals surface area contributed by atoms with E-state index in [2.05, 4.69) is 6.92 Å². The predicted molar refractivity (Wildman–Crippen MR) is 91.9 cm³/mol. The number of aliphatic carboxylic acids is 1. The van der Waals surface area contributed by atoms with Gasteiger partial charge in [0.25, 0.3) is 0 Å². The van der Waals surface area contributed by atoms with Crippen LogP contribution in [-0.2, 0) is 4.79 Å². The maximum absolute atomic E-state index is 10.4. The first-order chi connectivity index (χ1) is 10.7. The van der Waals surface area contributed by atoms with Crippen LogP contribution in [0.3, 0.4) is 0 Å². The first kappa shape index (κ1) is 17.8. The van der Waals surface area contributed by atoms with Gasteiger partial charge in [-0.2, -0.15) is 0 Å². The van der Waals surface area contributed by atoms with E-state index in [0.29, 0.717) is 6.42 Å². The van der Waals surface area contributed by atoms with Gasteiger partial charge in [0, 0.05) is 6.42 Å². The molecule has 0 aromatic heterocycles. The Morgan fingerprint density at radius 3 is 1.86 bits per heavy atom. The van der Waals surface area contributed by atoms with Crippen LogP contribution in [0.4, 0.5) is 0 Å². The quantitative estimate of drug-likeness (QED) is 0.397. The summed E-state index contributed by atoms with van der Waals surface area (Å²) in [7, 11) is 0. The number of hydrogen-bond donors (Lipinski definition) is 1. The zero-order chi connectivity index (χ0) is 15.8. The van der Waals surface area contributed by atoms with Crippen LogP contribution >= 0.6 is 0 Å². The Morgan fingerprint density at radius 1 is 0.818 bits per heavy atom. The lowest BCUT2D eigenvalue weighted by molar-refractivity contribution is -0.137. The highest BCUT2D eigenvalue weighted by atomic mass is 16.4.